The van der Waals surface area contributed by atoms with E-state index in [9.17, 15) is 0 Å². The second-order valence-electron chi connectivity index (χ2n) is 7.47. The van der Waals surface area contributed by atoms with Crippen molar-refractivity contribution >= 4 is 16.6 Å². The van der Waals surface area contributed by atoms with Gasteiger partial charge in [0.25, 0.3) is 0 Å². The molecule has 2 heterocycles. The third-order valence-electron chi connectivity index (χ3n) is 5.69. The van der Waals surface area contributed by atoms with Crippen molar-refractivity contribution < 1.29 is 4.74 Å². The third-order valence-corrected chi connectivity index (χ3v) is 5.69. The highest BCUT2D eigenvalue weighted by Gasteiger charge is 2.22. The first kappa shape index (κ1) is 16.9. The second-order valence-corrected chi connectivity index (χ2v) is 7.47. The zero-order valence-corrected chi connectivity index (χ0v) is 15.7. The first-order chi connectivity index (χ1) is 13.8. The Labute approximate surface area is 164 Å². The maximum absolute atomic E-state index is 6.29. The number of fused-ring (bicyclic) bond motifs is 1. The molecule has 1 aliphatic carbocycles. The lowest BCUT2D eigenvalue weighted by molar-refractivity contribution is 0.483. The van der Waals surface area contributed by atoms with E-state index in [-0.39, 0.29) is 0 Å². The molecule has 0 radical (unpaired) electrons. The molecule has 2 aromatic heterocycles. The van der Waals surface area contributed by atoms with Crippen LogP contribution in [-0.4, -0.2) is 9.97 Å². The van der Waals surface area contributed by atoms with E-state index in [0.717, 1.165) is 28.1 Å². The summed E-state index contributed by atoms with van der Waals surface area (Å²) in [5.41, 5.74) is 9.58. The van der Waals surface area contributed by atoms with Gasteiger partial charge in [-0.3, -0.25) is 4.98 Å². The number of nitrogens with two attached hydrogens (primary N) is 1. The quantitative estimate of drug-likeness (QED) is 0.446. The van der Waals surface area contributed by atoms with Crippen LogP contribution in [0, 0.1) is 0 Å². The molecular formula is C24H23N3O. The number of nitrogen functional groups attached to an aromatic ring is 1. The summed E-state index contributed by atoms with van der Waals surface area (Å²) in [5.74, 6) is 2.91. The van der Waals surface area contributed by atoms with E-state index in [1.807, 2.05) is 60.8 Å². The zero-order chi connectivity index (χ0) is 18.9. The molecule has 0 atom stereocenters. The Morgan fingerprint density at radius 1 is 0.929 bits per heavy atom. The van der Waals surface area contributed by atoms with Crippen molar-refractivity contribution in [3.05, 3.63) is 72.6 Å². The maximum atomic E-state index is 6.29. The van der Waals surface area contributed by atoms with Crippen LogP contribution in [0.4, 0.5) is 5.82 Å². The Kier molecular flexibility index (Phi) is 4.24. The molecule has 3 N–H and O–H groups in total. The number of rotatable bonds is 4. The van der Waals surface area contributed by atoms with Crippen LogP contribution >= 0.6 is 0 Å². The highest BCUT2D eigenvalue weighted by atomic mass is 16.5. The number of pyridine rings is 1. The third kappa shape index (κ3) is 3.01. The number of benzene rings is 2. The molecule has 4 aromatic rings. The number of hydrogen-bond donors (Lipinski definition) is 2. The van der Waals surface area contributed by atoms with Crippen molar-refractivity contribution in [3.8, 4) is 22.8 Å². The average molecular weight is 369 g/mol. The normalized spacial score (nSPS) is 14.6. The van der Waals surface area contributed by atoms with Crippen LogP contribution in [-0.2, 0) is 0 Å². The van der Waals surface area contributed by atoms with E-state index in [2.05, 4.69) is 11.2 Å². The van der Waals surface area contributed by atoms with Crippen LogP contribution < -0.4 is 10.5 Å². The number of aromatic amines is 1. The zero-order valence-electron chi connectivity index (χ0n) is 15.7. The lowest BCUT2D eigenvalue weighted by Gasteiger charge is -2.13. The highest BCUT2D eigenvalue weighted by molar-refractivity contribution is 6.03. The Hall–Kier alpha value is -3.27. The van der Waals surface area contributed by atoms with Gasteiger partial charge in [0.15, 0.2) is 0 Å². The largest absolute Gasteiger partial charge is 0.457 e. The molecule has 1 saturated carbocycles. The van der Waals surface area contributed by atoms with E-state index < -0.39 is 0 Å². The van der Waals surface area contributed by atoms with E-state index in [4.69, 9.17) is 15.5 Å². The van der Waals surface area contributed by atoms with E-state index in [1.54, 1.807) is 0 Å². The van der Waals surface area contributed by atoms with Crippen molar-refractivity contribution in [1.82, 2.24) is 9.97 Å². The number of ether oxygens (including phenoxy) is 1. The summed E-state index contributed by atoms with van der Waals surface area (Å²) in [5, 5.41) is 2.24. The molecule has 28 heavy (non-hydrogen) atoms. The number of nitrogens with zero attached hydrogens (tertiary/aromatic N) is 1. The molecule has 0 amide bonds. The Morgan fingerprint density at radius 2 is 1.64 bits per heavy atom. The standard InChI is InChI=1S/C24H23N3O/c25-24-22-21(15-27-24)20(16-6-4-5-7-16)14-26-23(22)17-10-12-19(13-11-17)28-18-8-2-1-3-9-18/h1-3,8-16,27H,4-7,25H2. The fourth-order valence-electron chi connectivity index (χ4n) is 4.28. The number of nitrogens with one attached hydrogen (secondary N) is 1. The number of H-pyrrole nitrogens is 1. The number of hydrogen-bond acceptors (Lipinski definition) is 3. The molecule has 1 fully saturated rings. The minimum Gasteiger partial charge on any atom is -0.457 e. The summed E-state index contributed by atoms with van der Waals surface area (Å²) in [6, 6.07) is 17.8. The fourth-order valence-corrected chi connectivity index (χ4v) is 4.28. The summed E-state index contributed by atoms with van der Waals surface area (Å²) in [6.07, 6.45) is 9.18. The molecule has 4 heteroatoms. The first-order valence-electron chi connectivity index (χ1n) is 9.88. The van der Waals surface area contributed by atoms with E-state index >= 15 is 0 Å². The molecule has 1 aliphatic rings. The van der Waals surface area contributed by atoms with Crippen LogP contribution in [0.2, 0.25) is 0 Å². The maximum Gasteiger partial charge on any atom is 0.127 e. The fraction of sp³-hybridized carbons (Fsp3) is 0.208. The molecule has 0 unspecified atom stereocenters. The minimum absolute atomic E-state index is 0.598. The minimum atomic E-state index is 0.598. The van der Waals surface area contributed by atoms with Gasteiger partial charge in [0, 0.05) is 28.7 Å². The molecular weight excluding hydrogens is 346 g/mol. The van der Waals surface area contributed by atoms with Gasteiger partial charge in [-0.2, -0.15) is 0 Å². The molecule has 0 aliphatic heterocycles. The molecule has 4 nitrogen and oxygen atoms in total. The topological polar surface area (TPSA) is 63.9 Å². The van der Waals surface area contributed by atoms with Gasteiger partial charge in [-0.15, -0.1) is 0 Å². The number of aromatic nitrogens is 2. The van der Waals surface area contributed by atoms with Gasteiger partial charge in [-0.1, -0.05) is 31.0 Å². The summed E-state index contributed by atoms with van der Waals surface area (Å²) >= 11 is 0. The first-order valence-corrected chi connectivity index (χ1v) is 9.88. The molecule has 140 valence electrons. The molecule has 0 spiro atoms. The van der Waals surface area contributed by atoms with Crippen LogP contribution in [0.1, 0.15) is 37.2 Å². The molecule has 0 saturated heterocycles. The van der Waals surface area contributed by atoms with Crippen LogP contribution in [0.15, 0.2) is 67.0 Å². The van der Waals surface area contributed by atoms with E-state index in [1.165, 1.54) is 36.6 Å². The number of anilines is 1. The van der Waals surface area contributed by atoms with Crippen molar-refractivity contribution in [1.29, 1.82) is 0 Å². The van der Waals surface area contributed by atoms with Gasteiger partial charge in [-0.25, -0.2) is 0 Å². The smallest absolute Gasteiger partial charge is 0.127 e. The molecule has 0 bridgehead atoms. The van der Waals surface area contributed by atoms with E-state index in [0.29, 0.717) is 11.7 Å². The van der Waals surface area contributed by atoms with Crippen LogP contribution in [0.5, 0.6) is 11.5 Å². The van der Waals surface area contributed by atoms with Crippen LogP contribution in [0.25, 0.3) is 22.0 Å². The molecule has 5 rings (SSSR count). The average Bonchev–Trinajstić information content (AvgIpc) is 3.40. The summed E-state index contributed by atoms with van der Waals surface area (Å²) in [6.45, 7) is 0. The van der Waals surface area contributed by atoms with Gasteiger partial charge < -0.3 is 15.5 Å². The van der Waals surface area contributed by atoms with Crippen LogP contribution in [0.3, 0.4) is 0 Å². The summed E-state index contributed by atoms with van der Waals surface area (Å²) in [7, 11) is 0. The van der Waals surface area contributed by atoms with Gasteiger partial charge in [0.2, 0.25) is 0 Å². The Balaban J connectivity index is 1.51. The monoisotopic (exact) mass is 369 g/mol. The lowest BCUT2D eigenvalue weighted by Crippen LogP contribution is -1.97. The van der Waals surface area contributed by atoms with Gasteiger partial charge in [-0.05, 0) is 60.7 Å². The predicted octanol–water partition coefficient (Wildman–Crippen LogP) is 6.26. The predicted molar refractivity (Wildman–Crippen MR) is 114 cm³/mol. The Morgan fingerprint density at radius 3 is 2.39 bits per heavy atom. The van der Waals surface area contributed by atoms with Crippen molar-refractivity contribution in [2.45, 2.75) is 31.6 Å². The summed E-state index contributed by atoms with van der Waals surface area (Å²) in [4.78, 5) is 8.04. The van der Waals surface area contributed by atoms with Crippen molar-refractivity contribution in [2.24, 2.45) is 0 Å². The Bertz CT molecular complexity index is 1090. The van der Waals surface area contributed by atoms with Gasteiger partial charge in [0.05, 0.1) is 5.69 Å². The lowest BCUT2D eigenvalue weighted by atomic mass is 9.94. The second kappa shape index (κ2) is 7.04. The SMILES string of the molecule is Nc1[nH]cc2c(C3CCCC3)cnc(-c3ccc(Oc4ccccc4)cc3)c12. The van der Waals surface area contributed by atoms with Crippen molar-refractivity contribution in [3.63, 3.8) is 0 Å². The molecule has 2 aromatic carbocycles. The van der Waals surface area contributed by atoms with Gasteiger partial charge >= 0.3 is 0 Å². The highest BCUT2D eigenvalue weighted by Crippen LogP contribution is 2.41. The number of para-hydroxylation sites is 1. The summed E-state index contributed by atoms with van der Waals surface area (Å²) < 4.78 is 5.90. The van der Waals surface area contributed by atoms with Crippen molar-refractivity contribution in [2.75, 3.05) is 5.73 Å². The van der Waals surface area contributed by atoms with Gasteiger partial charge in [0.1, 0.15) is 17.3 Å².